The van der Waals surface area contributed by atoms with Gasteiger partial charge in [0.1, 0.15) is 0 Å². The minimum Gasteiger partial charge on any atom is -0.878 e. The molecule has 0 unspecified atom stereocenters. The van der Waals surface area contributed by atoms with E-state index in [1.807, 2.05) is 48.5 Å². The van der Waals surface area contributed by atoms with E-state index in [9.17, 15) is 9.90 Å². The Bertz CT molecular complexity index is 601. The van der Waals surface area contributed by atoms with Crippen LogP contribution in [0.1, 0.15) is 15.9 Å². The molecule has 0 saturated heterocycles. The molecule has 0 aromatic heterocycles. The van der Waals surface area contributed by atoms with Crippen LogP contribution in [0.25, 0.3) is 5.57 Å². The number of ketones is 1. The first-order chi connectivity index (χ1) is 9.33. The van der Waals surface area contributed by atoms with E-state index >= 15 is 0 Å². The molecule has 2 aromatic carbocycles. The van der Waals surface area contributed by atoms with Crippen LogP contribution < -0.4 is 56.5 Å². The summed E-state index contributed by atoms with van der Waals surface area (Å²) in [6.45, 7) is 0. The van der Waals surface area contributed by atoms with Crippen molar-refractivity contribution in [3.63, 3.8) is 0 Å². The average Bonchev–Trinajstić information content (AvgIpc) is 2.49. The van der Waals surface area contributed by atoms with E-state index in [-0.39, 0.29) is 57.2 Å². The molecule has 94 valence electrons. The maximum atomic E-state index is 12.4. The Morgan fingerprint density at radius 2 is 1.35 bits per heavy atom. The van der Waals surface area contributed by atoms with Gasteiger partial charge in [-0.2, -0.15) is 0 Å². The minimum absolute atomic E-state index is 0. The first kappa shape index (κ1) is 17.1. The average molecular weight is 288 g/mol. The van der Waals surface area contributed by atoms with Crippen molar-refractivity contribution in [3.8, 4) is 0 Å². The number of hydrogen-bond donors (Lipinski definition) is 0. The topological polar surface area (TPSA) is 40.1 Å². The van der Waals surface area contributed by atoms with Crippen LogP contribution in [0.2, 0.25) is 0 Å². The quantitative estimate of drug-likeness (QED) is 0.258. The molecule has 0 saturated carbocycles. The van der Waals surface area contributed by atoms with Crippen LogP contribution in [0.4, 0.5) is 0 Å². The summed E-state index contributed by atoms with van der Waals surface area (Å²) in [6, 6.07) is 18.3. The largest absolute Gasteiger partial charge is 1.00 e. The van der Waals surface area contributed by atoms with Gasteiger partial charge in [-0.3, -0.25) is 4.79 Å². The Labute approximate surface area is 161 Å². The molecule has 3 heteroatoms. The summed E-state index contributed by atoms with van der Waals surface area (Å²) in [7, 11) is 0. The number of Topliss-reactive ketones (excluding diaryl/α,β-unsaturated/α-hetero) is 1. The smallest absolute Gasteiger partial charge is 0.878 e. The summed E-state index contributed by atoms with van der Waals surface area (Å²) in [4.78, 5) is 12.4. The van der Waals surface area contributed by atoms with E-state index in [4.69, 9.17) is 0 Å². The number of allylic oxidation sites excluding steroid dienone is 3. The van der Waals surface area contributed by atoms with Crippen LogP contribution in [0.15, 0.2) is 79.1 Å². The van der Waals surface area contributed by atoms with Crippen molar-refractivity contribution in [2.75, 3.05) is 0 Å². The number of carbonyl (C=O) groups is 1. The fourth-order valence-electron chi connectivity index (χ4n) is 1.80. The first-order valence-corrected chi connectivity index (χ1v) is 5.97. The van der Waals surface area contributed by atoms with Crippen molar-refractivity contribution in [2.24, 2.45) is 0 Å². The summed E-state index contributed by atoms with van der Waals surface area (Å²) >= 11 is 0. The summed E-state index contributed by atoms with van der Waals surface area (Å²) in [5, 5.41) is 10.5. The van der Waals surface area contributed by atoms with Crippen molar-refractivity contribution in [2.45, 2.75) is 0 Å². The minimum atomic E-state index is -0.0927. The molecule has 0 N–H and O–H groups in total. The summed E-state index contributed by atoms with van der Waals surface area (Å²) in [5.41, 5.74) is 1.92. The zero-order chi connectivity index (χ0) is 13.5. The Balaban J connectivity index is 0.00000200. The molecule has 2 rings (SSSR count). The van der Waals surface area contributed by atoms with Crippen molar-refractivity contribution >= 4 is 11.4 Å². The Hall–Kier alpha value is -0.974. The predicted molar refractivity (Wildman–Crippen MR) is 74.3 cm³/mol. The zero-order valence-electron chi connectivity index (χ0n) is 11.3. The molecule has 0 atom stereocenters. The second kappa shape index (κ2) is 9.05. The Morgan fingerprint density at radius 3 is 1.85 bits per heavy atom. The summed E-state index contributed by atoms with van der Waals surface area (Å²) < 4.78 is 0. The molecular weight excluding hydrogens is 275 g/mol. The molecule has 0 aliphatic heterocycles. The number of carbonyl (C=O) groups excluding carboxylic acids is 1. The van der Waals surface area contributed by atoms with Gasteiger partial charge in [0.15, 0.2) is 5.78 Å². The molecular formula is C17H13KO2. The van der Waals surface area contributed by atoms with Crippen LogP contribution >= 0.6 is 0 Å². The SMILES string of the molecule is O=C(/C(=C/C=C/[O-])c1ccccc1)c1ccccc1.[K+]. The van der Waals surface area contributed by atoms with Gasteiger partial charge in [-0.1, -0.05) is 72.8 Å². The van der Waals surface area contributed by atoms with E-state index in [1.54, 1.807) is 18.2 Å². The van der Waals surface area contributed by atoms with Gasteiger partial charge < -0.3 is 5.11 Å². The molecule has 0 aliphatic rings. The number of hydrogen-bond acceptors (Lipinski definition) is 2. The molecule has 2 aromatic rings. The molecule has 0 spiro atoms. The van der Waals surface area contributed by atoms with Crippen LogP contribution in [-0.4, -0.2) is 5.78 Å². The van der Waals surface area contributed by atoms with Crippen molar-refractivity contribution in [1.29, 1.82) is 0 Å². The molecule has 0 fully saturated rings. The molecule has 0 bridgehead atoms. The molecule has 0 amide bonds. The van der Waals surface area contributed by atoms with Crippen LogP contribution in [0.5, 0.6) is 0 Å². The van der Waals surface area contributed by atoms with E-state index in [0.717, 1.165) is 5.56 Å². The van der Waals surface area contributed by atoms with Crippen molar-refractivity contribution in [3.05, 3.63) is 90.2 Å². The van der Waals surface area contributed by atoms with Crippen molar-refractivity contribution < 1.29 is 61.3 Å². The van der Waals surface area contributed by atoms with Gasteiger partial charge in [0, 0.05) is 11.1 Å². The van der Waals surface area contributed by atoms with Crippen LogP contribution in [0.3, 0.4) is 0 Å². The normalized spacial score (nSPS) is 11.1. The predicted octanol–water partition coefficient (Wildman–Crippen LogP) is -0.169. The Morgan fingerprint density at radius 1 is 0.850 bits per heavy atom. The molecule has 20 heavy (non-hydrogen) atoms. The number of rotatable bonds is 4. The van der Waals surface area contributed by atoms with Crippen LogP contribution in [-0.2, 0) is 0 Å². The maximum Gasteiger partial charge on any atom is 1.00 e. The Kier molecular flexibility index (Phi) is 7.73. The maximum absolute atomic E-state index is 12.4. The molecule has 2 nitrogen and oxygen atoms in total. The molecule has 0 heterocycles. The molecule has 0 aliphatic carbocycles. The fourth-order valence-corrected chi connectivity index (χ4v) is 1.80. The third kappa shape index (κ3) is 4.54. The second-order valence-electron chi connectivity index (χ2n) is 3.97. The van der Waals surface area contributed by atoms with Gasteiger partial charge in [-0.25, -0.2) is 0 Å². The van der Waals surface area contributed by atoms with Gasteiger partial charge in [0.05, 0.1) is 0 Å². The summed E-state index contributed by atoms with van der Waals surface area (Å²) in [5.74, 6) is -0.0927. The van der Waals surface area contributed by atoms with E-state index in [2.05, 4.69) is 0 Å². The standard InChI is InChI=1S/C17H14O2.K/c18-13-7-12-16(14-8-3-1-4-9-14)17(19)15-10-5-2-6-11-15;/h1-13,18H;/q;+1/p-1/b13-7+,16-12+;. The van der Waals surface area contributed by atoms with E-state index in [1.165, 1.54) is 6.08 Å². The van der Waals surface area contributed by atoms with Gasteiger partial charge in [-0.05, 0) is 5.56 Å². The second-order valence-corrected chi connectivity index (χ2v) is 3.97. The number of benzene rings is 2. The van der Waals surface area contributed by atoms with Gasteiger partial charge in [0.2, 0.25) is 0 Å². The van der Waals surface area contributed by atoms with Gasteiger partial charge in [0.25, 0.3) is 0 Å². The summed E-state index contributed by atoms with van der Waals surface area (Å²) in [6.07, 6.45) is 3.56. The zero-order valence-corrected chi connectivity index (χ0v) is 14.4. The molecule has 0 radical (unpaired) electrons. The van der Waals surface area contributed by atoms with E-state index < -0.39 is 0 Å². The first-order valence-electron chi connectivity index (χ1n) is 5.97. The third-order valence-electron chi connectivity index (χ3n) is 2.71. The third-order valence-corrected chi connectivity index (χ3v) is 2.71. The van der Waals surface area contributed by atoms with Crippen LogP contribution in [0, 0.1) is 0 Å². The van der Waals surface area contributed by atoms with Gasteiger partial charge >= 0.3 is 51.4 Å². The van der Waals surface area contributed by atoms with Gasteiger partial charge in [-0.15, -0.1) is 6.26 Å². The van der Waals surface area contributed by atoms with E-state index in [0.29, 0.717) is 17.4 Å². The monoisotopic (exact) mass is 288 g/mol. The van der Waals surface area contributed by atoms with Crippen molar-refractivity contribution in [1.82, 2.24) is 0 Å². The fraction of sp³-hybridized carbons (Fsp3) is 0.